The third-order valence-corrected chi connectivity index (χ3v) is 2.99. The summed E-state index contributed by atoms with van der Waals surface area (Å²) in [6.45, 7) is 2.51. The van der Waals surface area contributed by atoms with E-state index in [1.807, 2.05) is 31.2 Å². The van der Waals surface area contributed by atoms with E-state index < -0.39 is 10.8 Å². The average molecular weight is 300 g/mol. The molecule has 1 N–H and O–H groups in total. The van der Waals surface area contributed by atoms with E-state index in [2.05, 4.69) is 5.32 Å². The van der Waals surface area contributed by atoms with Crippen LogP contribution in [0.2, 0.25) is 0 Å². The van der Waals surface area contributed by atoms with Crippen LogP contribution in [-0.4, -0.2) is 24.0 Å². The molecular formula is C16H16N2O4. The van der Waals surface area contributed by atoms with E-state index in [0.29, 0.717) is 0 Å². The quantitative estimate of drug-likeness (QED) is 0.505. The first-order chi connectivity index (χ1) is 10.6. The van der Waals surface area contributed by atoms with Crippen molar-refractivity contribution < 1.29 is 14.5 Å². The first kappa shape index (κ1) is 15.5. The number of carbonyl (C=O) groups excluding carboxylic acids is 1. The highest BCUT2D eigenvalue weighted by molar-refractivity contribution is 5.98. The van der Waals surface area contributed by atoms with Crippen molar-refractivity contribution in [1.29, 1.82) is 0 Å². The molecule has 0 aliphatic carbocycles. The van der Waals surface area contributed by atoms with Gasteiger partial charge < -0.3 is 10.1 Å². The molecule has 0 saturated carbocycles. The van der Waals surface area contributed by atoms with Gasteiger partial charge in [-0.05, 0) is 30.7 Å². The van der Waals surface area contributed by atoms with Gasteiger partial charge in [-0.2, -0.15) is 0 Å². The first-order valence-electron chi connectivity index (χ1n) is 6.79. The lowest BCUT2D eigenvalue weighted by Crippen LogP contribution is -2.28. The van der Waals surface area contributed by atoms with E-state index in [1.165, 1.54) is 18.2 Å². The van der Waals surface area contributed by atoms with Gasteiger partial charge in [0.1, 0.15) is 17.9 Å². The van der Waals surface area contributed by atoms with Crippen LogP contribution in [0.3, 0.4) is 0 Å². The fourth-order valence-corrected chi connectivity index (χ4v) is 1.96. The van der Waals surface area contributed by atoms with Gasteiger partial charge in [-0.15, -0.1) is 0 Å². The van der Waals surface area contributed by atoms with Crippen LogP contribution in [0.25, 0.3) is 0 Å². The van der Waals surface area contributed by atoms with Crippen molar-refractivity contribution in [2.45, 2.75) is 6.92 Å². The number of nitro groups is 1. The topological polar surface area (TPSA) is 81.5 Å². The van der Waals surface area contributed by atoms with Crippen LogP contribution in [-0.2, 0) is 0 Å². The third-order valence-electron chi connectivity index (χ3n) is 2.99. The lowest BCUT2D eigenvalue weighted by atomic mass is 10.1. The minimum Gasteiger partial charge on any atom is -0.492 e. The molecule has 0 fully saturated rings. The Morgan fingerprint density at radius 1 is 1.23 bits per heavy atom. The van der Waals surface area contributed by atoms with Crippen molar-refractivity contribution >= 4 is 11.6 Å². The summed E-state index contributed by atoms with van der Waals surface area (Å²) in [7, 11) is 0. The minimum absolute atomic E-state index is 0.0445. The number of nitrogens with one attached hydrogen (secondary N) is 1. The molecule has 0 aromatic heterocycles. The van der Waals surface area contributed by atoms with E-state index in [9.17, 15) is 14.9 Å². The zero-order chi connectivity index (χ0) is 15.9. The number of nitrogens with zero attached hydrogens (tertiary/aromatic N) is 1. The Bertz CT molecular complexity index is 685. The smallest absolute Gasteiger partial charge is 0.282 e. The number of ether oxygens (including phenoxy) is 1. The number of carbonyl (C=O) groups is 1. The molecule has 2 aromatic rings. The van der Waals surface area contributed by atoms with E-state index in [0.717, 1.165) is 11.3 Å². The number of para-hydroxylation sites is 1. The summed E-state index contributed by atoms with van der Waals surface area (Å²) in [5, 5.41) is 13.5. The SMILES string of the molecule is Cc1cccc(OCCNC(=O)c2ccccc2[N+](=O)[O-])c1. The van der Waals surface area contributed by atoms with Crippen LogP contribution < -0.4 is 10.1 Å². The number of benzene rings is 2. The Kier molecular flexibility index (Phi) is 5.08. The van der Waals surface area contributed by atoms with Crippen LogP contribution in [0.15, 0.2) is 48.5 Å². The molecule has 0 atom stereocenters. The molecule has 0 aliphatic heterocycles. The second-order valence-electron chi connectivity index (χ2n) is 4.70. The Hall–Kier alpha value is -2.89. The third kappa shape index (κ3) is 4.05. The van der Waals surface area contributed by atoms with Gasteiger partial charge in [0.05, 0.1) is 11.5 Å². The normalized spacial score (nSPS) is 10.0. The van der Waals surface area contributed by atoms with Crippen LogP contribution in [0.4, 0.5) is 5.69 Å². The van der Waals surface area contributed by atoms with Gasteiger partial charge in [0.15, 0.2) is 0 Å². The second kappa shape index (κ2) is 7.21. The van der Waals surface area contributed by atoms with Gasteiger partial charge in [0.25, 0.3) is 11.6 Å². The Labute approximate surface area is 127 Å². The van der Waals surface area contributed by atoms with Gasteiger partial charge in [0.2, 0.25) is 0 Å². The maximum absolute atomic E-state index is 12.0. The van der Waals surface area contributed by atoms with Crippen LogP contribution >= 0.6 is 0 Å². The second-order valence-corrected chi connectivity index (χ2v) is 4.70. The van der Waals surface area contributed by atoms with Crippen molar-refractivity contribution in [3.05, 3.63) is 69.8 Å². The van der Waals surface area contributed by atoms with Gasteiger partial charge >= 0.3 is 0 Å². The number of hydrogen-bond acceptors (Lipinski definition) is 4. The van der Waals surface area contributed by atoms with Crippen molar-refractivity contribution in [1.82, 2.24) is 5.32 Å². The van der Waals surface area contributed by atoms with E-state index in [1.54, 1.807) is 6.07 Å². The zero-order valence-electron chi connectivity index (χ0n) is 12.1. The summed E-state index contributed by atoms with van der Waals surface area (Å²) >= 11 is 0. The molecule has 1 amide bonds. The van der Waals surface area contributed by atoms with E-state index in [-0.39, 0.29) is 24.4 Å². The summed E-state index contributed by atoms with van der Waals surface area (Å²) in [6.07, 6.45) is 0. The molecule has 0 unspecified atom stereocenters. The molecule has 0 spiro atoms. The van der Waals surface area contributed by atoms with Gasteiger partial charge in [-0.3, -0.25) is 14.9 Å². The van der Waals surface area contributed by atoms with E-state index in [4.69, 9.17) is 4.74 Å². The minimum atomic E-state index is -0.571. The maximum atomic E-state index is 12.0. The number of amides is 1. The monoisotopic (exact) mass is 300 g/mol. The van der Waals surface area contributed by atoms with Gasteiger partial charge in [-0.1, -0.05) is 24.3 Å². The van der Waals surface area contributed by atoms with Crippen molar-refractivity contribution in [3.63, 3.8) is 0 Å². The van der Waals surface area contributed by atoms with Crippen LogP contribution in [0.5, 0.6) is 5.75 Å². The fraction of sp³-hybridized carbons (Fsp3) is 0.188. The number of rotatable bonds is 6. The predicted octanol–water partition coefficient (Wildman–Crippen LogP) is 2.71. The van der Waals surface area contributed by atoms with Crippen molar-refractivity contribution in [2.75, 3.05) is 13.2 Å². The highest BCUT2D eigenvalue weighted by Crippen LogP contribution is 2.17. The maximum Gasteiger partial charge on any atom is 0.282 e. The van der Waals surface area contributed by atoms with Crippen molar-refractivity contribution in [3.8, 4) is 5.75 Å². The van der Waals surface area contributed by atoms with Crippen LogP contribution in [0.1, 0.15) is 15.9 Å². The summed E-state index contributed by atoms with van der Waals surface area (Å²) in [5.74, 6) is 0.236. The average Bonchev–Trinajstić information content (AvgIpc) is 2.51. The number of nitro benzene ring substituents is 1. The van der Waals surface area contributed by atoms with E-state index >= 15 is 0 Å². The molecule has 2 rings (SSSR count). The number of hydrogen-bond donors (Lipinski definition) is 1. The highest BCUT2D eigenvalue weighted by Gasteiger charge is 2.18. The first-order valence-corrected chi connectivity index (χ1v) is 6.79. The van der Waals surface area contributed by atoms with Crippen molar-refractivity contribution in [2.24, 2.45) is 0 Å². The Morgan fingerprint density at radius 2 is 2.00 bits per heavy atom. The molecule has 22 heavy (non-hydrogen) atoms. The Balaban J connectivity index is 1.87. The molecule has 114 valence electrons. The molecule has 6 nitrogen and oxygen atoms in total. The molecule has 0 heterocycles. The van der Waals surface area contributed by atoms with Crippen LogP contribution in [0, 0.1) is 17.0 Å². The molecule has 0 aliphatic rings. The summed E-state index contributed by atoms with van der Waals surface area (Å²) in [5.41, 5.74) is 0.920. The molecule has 0 bridgehead atoms. The predicted molar refractivity (Wildman–Crippen MR) is 82.1 cm³/mol. The molecular weight excluding hydrogens is 284 g/mol. The standard InChI is InChI=1S/C16H16N2O4/c1-12-5-4-6-13(11-12)22-10-9-17-16(19)14-7-2-3-8-15(14)18(20)21/h2-8,11H,9-10H2,1H3,(H,17,19). The molecule has 0 saturated heterocycles. The Morgan fingerprint density at radius 3 is 2.73 bits per heavy atom. The summed E-state index contributed by atoms with van der Waals surface area (Å²) < 4.78 is 5.50. The summed E-state index contributed by atoms with van der Waals surface area (Å²) in [6, 6.07) is 13.4. The highest BCUT2D eigenvalue weighted by atomic mass is 16.6. The molecule has 2 aromatic carbocycles. The molecule has 0 radical (unpaired) electrons. The molecule has 6 heteroatoms. The summed E-state index contributed by atoms with van der Waals surface area (Å²) in [4.78, 5) is 22.3. The largest absolute Gasteiger partial charge is 0.492 e. The zero-order valence-corrected chi connectivity index (χ0v) is 12.1. The number of aryl methyl sites for hydroxylation is 1. The van der Waals surface area contributed by atoms with Gasteiger partial charge in [0, 0.05) is 6.07 Å². The lowest BCUT2D eigenvalue weighted by Gasteiger charge is -2.08. The van der Waals surface area contributed by atoms with Gasteiger partial charge in [-0.25, -0.2) is 0 Å². The fourth-order valence-electron chi connectivity index (χ4n) is 1.96. The lowest BCUT2D eigenvalue weighted by molar-refractivity contribution is -0.385.